The Morgan fingerprint density at radius 1 is 1.17 bits per heavy atom. The molecule has 1 atom stereocenters. The largest absolute Gasteiger partial charge is 0.494 e. The van der Waals surface area contributed by atoms with Gasteiger partial charge in [0.2, 0.25) is 18.6 Å². The molecule has 1 fully saturated rings. The molecule has 2 aromatic carbocycles. The van der Waals surface area contributed by atoms with Gasteiger partial charge in [-0.2, -0.15) is 0 Å². The maximum Gasteiger partial charge on any atom is 0.231 e. The van der Waals surface area contributed by atoms with Gasteiger partial charge in [0.05, 0.1) is 12.5 Å². The molecule has 0 saturated carbocycles. The number of benzene rings is 2. The van der Waals surface area contributed by atoms with Crippen molar-refractivity contribution in [3.05, 3.63) is 42.5 Å². The smallest absolute Gasteiger partial charge is 0.231 e. The van der Waals surface area contributed by atoms with E-state index in [1.165, 1.54) is 0 Å². The molecule has 2 heterocycles. The number of rotatable bonds is 7. The van der Waals surface area contributed by atoms with Crippen LogP contribution in [-0.2, 0) is 9.59 Å². The summed E-state index contributed by atoms with van der Waals surface area (Å²) in [6.07, 6.45) is 2.27. The van der Waals surface area contributed by atoms with Gasteiger partial charge in [-0.05, 0) is 42.8 Å². The highest BCUT2D eigenvalue weighted by atomic mass is 16.7. The van der Waals surface area contributed by atoms with Gasteiger partial charge in [0.15, 0.2) is 11.5 Å². The van der Waals surface area contributed by atoms with Crippen molar-refractivity contribution in [3.63, 3.8) is 0 Å². The first-order valence-electron chi connectivity index (χ1n) is 9.88. The van der Waals surface area contributed by atoms with Gasteiger partial charge in [0.1, 0.15) is 5.75 Å². The fourth-order valence-electron chi connectivity index (χ4n) is 3.40. The molecule has 0 aromatic heterocycles. The van der Waals surface area contributed by atoms with Crippen LogP contribution in [0.1, 0.15) is 26.2 Å². The van der Waals surface area contributed by atoms with Crippen LogP contribution in [-0.4, -0.2) is 31.8 Å². The Kier molecular flexibility index (Phi) is 5.55. The molecule has 2 amide bonds. The molecule has 2 aromatic rings. The van der Waals surface area contributed by atoms with Gasteiger partial charge in [-0.1, -0.05) is 13.3 Å². The number of carbonyl (C=O) groups is 2. The zero-order valence-electron chi connectivity index (χ0n) is 16.3. The molecule has 2 aliphatic heterocycles. The first kappa shape index (κ1) is 19.1. The number of nitrogens with one attached hydrogen (secondary N) is 1. The van der Waals surface area contributed by atoms with E-state index < -0.39 is 5.92 Å². The van der Waals surface area contributed by atoms with Crippen LogP contribution >= 0.6 is 0 Å². The van der Waals surface area contributed by atoms with Gasteiger partial charge in [0.25, 0.3) is 0 Å². The Morgan fingerprint density at radius 2 is 1.97 bits per heavy atom. The zero-order chi connectivity index (χ0) is 20.2. The van der Waals surface area contributed by atoms with Crippen LogP contribution in [0.2, 0.25) is 0 Å². The van der Waals surface area contributed by atoms with Gasteiger partial charge in [-0.3, -0.25) is 9.59 Å². The van der Waals surface area contributed by atoms with Gasteiger partial charge >= 0.3 is 0 Å². The van der Waals surface area contributed by atoms with Crippen LogP contribution in [0.4, 0.5) is 11.4 Å². The van der Waals surface area contributed by atoms with Crippen molar-refractivity contribution in [2.24, 2.45) is 5.92 Å². The zero-order valence-corrected chi connectivity index (χ0v) is 16.3. The first-order chi connectivity index (χ1) is 14.1. The Bertz CT molecular complexity index is 897. The molecule has 1 N–H and O–H groups in total. The topological polar surface area (TPSA) is 77.1 Å². The number of carbonyl (C=O) groups excluding carboxylic acids is 2. The van der Waals surface area contributed by atoms with Crippen molar-refractivity contribution in [2.45, 2.75) is 26.2 Å². The van der Waals surface area contributed by atoms with E-state index in [0.717, 1.165) is 18.6 Å². The standard InChI is InChI=1S/C22H24N2O5/c1-2-3-10-27-18-7-4-16(5-8-18)23-22(26)15-11-21(25)24(13-15)17-6-9-19-20(12-17)29-14-28-19/h4-9,12,15H,2-3,10-11,13-14H2,1H3,(H,23,26). The van der Waals surface area contributed by atoms with Crippen LogP contribution < -0.4 is 24.4 Å². The summed E-state index contributed by atoms with van der Waals surface area (Å²) in [5.41, 5.74) is 1.40. The van der Waals surface area contributed by atoms with Gasteiger partial charge in [0, 0.05) is 30.4 Å². The lowest BCUT2D eigenvalue weighted by molar-refractivity contribution is -0.122. The molecule has 2 aliphatic rings. The molecular weight excluding hydrogens is 372 g/mol. The molecule has 152 valence electrons. The van der Waals surface area contributed by atoms with Gasteiger partial charge in [-0.25, -0.2) is 0 Å². The lowest BCUT2D eigenvalue weighted by Gasteiger charge is -2.17. The first-order valence-corrected chi connectivity index (χ1v) is 9.88. The number of amides is 2. The van der Waals surface area contributed by atoms with Crippen molar-refractivity contribution in [1.29, 1.82) is 0 Å². The fourth-order valence-corrected chi connectivity index (χ4v) is 3.40. The normalized spacial score (nSPS) is 17.5. The molecule has 1 saturated heterocycles. The predicted molar refractivity (Wildman–Crippen MR) is 108 cm³/mol. The van der Waals surface area contributed by atoms with E-state index in [2.05, 4.69) is 12.2 Å². The number of ether oxygens (including phenoxy) is 3. The minimum absolute atomic E-state index is 0.0799. The minimum Gasteiger partial charge on any atom is -0.494 e. The SMILES string of the molecule is CCCCOc1ccc(NC(=O)C2CC(=O)N(c3ccc4c(c3)OCO4)C2)cc1. The second-order valence-corrected chi connectivity index (χ2v) is 7.16. The summed E-state index contributed by atoms with van der Waals surface area (Å²) < 4.78 is 16.3. The van der Waals surface area contributed by atoms with Gasteiger partial charge < -0.3 is 24.4 Å². The molecule has 0 radical (unpaired) electrons. The summed E-state index contributed by atoms with van der Waals surface area (Å²) in [5, 5.41) is 2.89. The Morgan fingerprint density at radius 3 is 2.76 bits per heavy atom. The van der Waals surface area contributed by atoms with E-state index >= 15 is 0 Å². The summed E-state index contributed by atoms with van der Waals surface area (Å²) in [4.78, 5) is 26.7. The van der Waals surface area contributed by atoms with E-state index in [1.807, 2.05) is 30.3 Å². The van der Waals surface area contributed by atoms with E-state index in [9.17, 15) is 9.59 Å². The third-order valence-corrected chi connectivity index (χ3v) is 5.05. The Hall–Kier alpha value is -3.22. The third-order valence-electron chi connectivity index (χ3n) is 5.05. The Balaban J connectivity index is 1.35. The van der Waals surface area contributed by atoms with Crippen molar-refractivity contribution in [2.75, 3.05) is 30.2 Å². The van der Waals surface area contributed by atoms with Crippen LogP contribution in [0.15, 0.2) is 42.5 Å². The van der Waals surface area contributed by atoms with E-state index in [0.29, 0.717) is 36.0 Å². The second kappa shape index (κ2) is 8.43. The van der Waals surface area contributed by atoms with Crippen LogP contribution in [0.5, 0.6) is 17.2 Å². The van der Waals surface area contributed by atoms with Gasteiger partial charge in [-0.15, -0.1) is 0 Å². The predicted octanol–water partition coefficient (Wildman–Crippen LogP) is 3.59. The second-order valence-electron chi connectivity index (χ2n) is 7.16. The highest BCUT2D eigenvalue weighted by Gasteiger charge is 2.35. The summed E-state index contributed by atoms with van der Waals surface area (Å²) in [5.74, 6) is 1.40. The van der Waals surface area contributed by atoms with Crippen LogP contribution in [0.25, 0.3) is 0 Å². The molecule has 7 heteroatoms. The summed E-state index contributed by atoms with van der Waals surface area (Å²) >= 11 is 0. The quantitative estimate of drug-likeness (QED) is 0.724. The number of hydrogen-bond donors (Lipinski definition) is 1. The molecule has 0 bridgehead atoms. The van der Waals surface area contributed by atoms with E-state index in [-0.39, 0.29) is 25.0 Å². The summed E-state index contributed by atoms with van der Waals surface area (Å²) in [6, 6.07) is 12.7. The monoisotopic (exact) mass is 396 g/mol. The fraction of sp³-hybridized carbons (Fsp3) is 0.364. The number of hydrogen-bond acceptors (Lipinski definition) is 5. The molecule has 4 rings (SSSR count). The third kappa shape index (κ3) is 4.29. The highest BCUT2D eigenvalue weighted by molar-refractivity contribution is 6.03. The summed E-state index contributed by atoms with van der Waals surface area (Å²) in [6.45, 7) is 3.31. The molecule has 0 aliphatic carbocycles. The average Bonchev–Trinajstić information content (AvgIpc) is 3.35. The molecule has 0 spiro atoms. The number of fused-ring (bicyclic) bond motifs is 1. The van der Waals surface area contributed by atoms with Crippen molar-refractivity contribution in [1.82, 2.24) is 0 Å². The number of unbranched alkanes of at least 4 members (excludes halogenated alkanes) is 1. The number of anilines is 2. The number of nitrogens with zero attached hydrogens (tertiary/aromatic N) is 1. The lowest BCUT2D eigenvalue weighted by Crippen LogP contribution is -2.28. The lowest BCUT2D eigenvalue weighted by atomic mass is 10.1. The molecule has 29 heavy (non-hydrogen) atoms. The molecule has 7 nitrogen and oxygen atoms in total. The maximum atomic E-state index is 12.7. The van der Waals surface area contributed by atoms with Crippen molar-refractivity contribution in [3.8, 4) is 17.2 Å². The highest BCUT2D eigenvalue weighted by Crippen LogP contribution is 2.37. The average molecular weight is 396 g/mol. The molecular formula is C22H24N2O5. The Labute approximate surface area is 169 Å². The minimum atomic E-state index is -0.409. The van der Waals surface area contributed by atoms with E-state index in [4.69, 9.17) is 14.2 Å². The van der Waals surface area contributed by atoms with Crippen molar-refractivity contribution < 1.29 is 23.8 Å². The maximum absolute atomic E-state index is 12.7. The van der Waals surface area contributed by atoms with Crippen LogP contribution in [0.3, 0.4) is 0 Å². The molecule has 1 unspecified atom stereocenters. The summed E-state index contributed by atoms with van der Waals surface area (Å²) in [7, 11) is 0. The van der Waals surface area contributed by atoms with Crippen molar-refractivity contribution >= 4 is 23.2 Å². The van der Waals surface area contributed by atoms with Crippen LogP contribution in [0, 0.1) is 5.92 Å². The van der Waals surface area contributed by atoms with E-state index in [1.54, 1.807) is 17.0 Å².